The molecule has 1 aromatic heterocycles. The predicted molar refractivity (Wildman–Crippen MR) is 116 cm³/mol. The van der Waals surface area contributed by atoms with Gasteiger partial charge in [0.05, 0.1) is 12.2 Å². The van der Waals surface area contributed by atoms with E-state index in [1.54, 1.807) is 42.5 Å². The van der Waals surface area contributed by atoms with Crippen LogP contribution in [0.3, 0.4) is 0 Å². The van der Waals surface area contributed by atoms with Gasteiger partial charge >= 0.3 is 5.97 Å². The van der Waals surface area contributed by atoms with Gasteiger partial charge < -0.3 is 19.6 Å². The number of carbonyl (C=O) groups excluding carboxylic acids is 1. The number of carboxylic acid groups (broad SMARTS) is 1. The molecular weight excluding hydrogens is 396 g/mol. The van der Waals surface area contributed by atoms with Gasteiger partial charge in [0.25, 0.3) is 5.91 Å². The van der Waals surface area contributed by atoms with E-state index in [0.29, 0.717) is 35.1 Å². The summed E-state index contributed by atoms with van der Waals surface area (Å²) in [5, 5.41) is 21.3. The fraction of sp³-hybridized carbons (Fsp3) is 0.125. The van der Waals surface area contributed by atoms with Crippen LogP contribution in [0.25, 0.3) is 17.4 Å². The summed E-state index contributed by atoms with van der Waals surface area (Å²) in [6, 6.07) is 16.8. The number of anilines is 1. The monoisotopic (exact) mass is 416 g/mol. The number of furan rings is 1. The Morgan fingerprint density at radius 3 is 2.71 bits per heavy atom. The molecule has 0 saturated carbocycles. The largest absolute Gasteiger partial charge is 0.494 e. The van der Waals surface area contributed by atoms with E-state index in [9.17, 15) is 20.0 Å². The normalized spacial score (nSPS) is 10.9. The molecule has 0 aliphatic heterocycles. The molecule has 0 fully saturated rings. The molecule has 0 aliphatic carbocycles. The Balaban J connectivity index is 1.83. The maximum Gasteiger partial charge on any atom is 0.335 e. The summed E-state index contributed by atoms with van der Waals surface area (Å²) < 4.78 is 11.2. The van der Waals surface area contributed by atoms with Crippen molar-refractivity contribution in [2.45, 2.75) is 13.8 Å². The van der Waals surface area contributed by atoms with Crippen molar-refractivity contribution in [2.24, 2.45) is 0 Å². The molecule has 0 spiro atoms. The van der Waals surface area contributed by atoms with Crippen LogP contribution < -0.4 is 10.1 Å². The maximum atomic E-state index is 12.5. The number of hydrogen-bond acceptors (Lipinski definition) is 5. The fourth-order valence-corrected chi connectivity index (χ4v) is 2.92. The molecule has 1 amide bonds. The molecule has 2 aromatic carbocycles. The minimum atomic E-state index is -1.04. The molecular formula is C24H20N2O5. The topological polar surface area (TPSA) is 113 Å². The summed E-state index contributed by atoms with van der Waals surface area (Å²) >= 11 is 0. The zero-order valence-electron chi connectivity index (χ0n) is 17.0. The van der Waals surface area contributed by atoms with Crippen LogP contribution in [0.1, 0.15) is 28.6 Å². The summed E-state index contributed by atoms with van der Waals surface area (Å²) in [6.45, 7) is 4.19. The Hall–Kier alpha value is -4.31. The van der Waals surface area contributed by atoms with Crippen molar-refractivity contribution in [3.05, 3.63) is 77.1 Å². The minimum Gasteiger partial charge on any atom is -0.494 e. The summed E-state index contributed by atoms with van der Waals surface area (Å²) in [5.74, 6) is -0.279. The lowest BCUT2D eigenvalue weighted by Crippen LogP contribution is -2.13. The highest BCUT2D eigenvalue weighted by molar-refractivity contribution is 6.09. The number of hydrogen-bond donors (Lipinski definition) is 2. The van der Waals surface area contributed by atoms with Crippen LogP contribution in [0, 0.1) is 18.3 Å². The Morgan fingerprint density at radius 1 is 1.19 bits per heavy atom. The third-order valence-corrected chi connectivity index (χ3v) is 4.43. The summed E-state index contributed by atoms with van der Waals surface area (Å²) in [4.78, 5) is 23.8. The number of aryl methyl sites for hydroxylation is 1. The van der Waals surface area contributed by atoms with Crippen LogP contribution in [0.15, 0.2) is 64.6 Å². The third kappa shape index (κ3) is 5.19. The lowest BCUT2D eigenvalue weighted by Gasteiger charge is -2.07. The molecule has 1 heterocycles. The number of benzene rings is 2. The van der Waals surface area contributed by atoms with E-state index < -0.39 is 11.9 Å². The fourth-order valence-electron chi connectivity index (χ4n) is 2.92. The summed E-state index contributed by atoms with van der Waals surface area (Å²) in [7, 11) is 0. The quantitative estimate of drug-likeness (QED) is 0.418. The summed E-state index contributed by atoms with van der Waals surface area (Å²) in [6.07, 6.45) is 1.33. The second-order valence-corrected chi connectivity index (χ2v) is 6.62. The van der Waals surface area contributed by atoms with Gasteiger partial charge in [-0.25, -0.2) is 4.79 Å². The number of nitrogens with one attached hydrogen (secondary N) is 1. The van der Waals surface area contributed by atoms with E-state index in [4.69, 9.17) is 9.15 Å². The van der Waals surface area contributed by atoms with E-state index in [2.05, 4.69) is 5.32 Å². The number of carboxylic acids is 1. The number of aromatic carboxylic acids is 1. The molecule has 7 nitrogen and oxygen atoms in total. The highest BCUT2D eigenvalue weighted by Crippen LogP contribution is 2.28. The lowest BCUT2D eigenvalue weighted by atomic mass is 10.0. The van der Waals surface area contributed by atoms with Crippen molar-refractivity contribution in [3.63, 3.8) is 0 Å². The van der Waals surface area contributed by atoms with Gasteiger partial charge in [-0.3, -0.25) is 4.79 Å². The van der Waals surface area contributed by atoms with E-state index in [-0.39, 0.29) is 11.1 Å². The van der Waals surface area contributed by atoms with E-state index in [1.807, 2.05) is 19.9 Å². The molecule has 0 saturated heterocycles. The average Bonchev–Trinajstić information content (AvgIpc) is 3.21. The van der Waals surface area contributed by atoms with Gasteiger partial charge in [-0.2, -0.15) is 5.26 Å². The second kappa shape index (κ2) is 9.46. The Kier molecular flexibility index (Phi) is 6.53. The molecule has 0 radical (unpaired) electrons. The molecule has 156 valence electrons. The van der Waals surface area contributed by atoms with Gasteiger partial charge in [-0.1, -0.05) is 12.1 Å². The van der Waals surface area contributed by atoms with Crippen LogP contribution in [0.2, 0.25) is 0 Å². The highest BCUT2D eigenvalue weighted by Gasteiger charge is 2.14. The second-order valence-electron chi connectivity index (χ2n) is 6.62. The standard InChI is InChI=1S/C24H20N2O5/c1-3-30-19-6-4-5-18(13-19)26-23(27)17(14-25)11-20-9-10-22(31-20)21-12-16(24(28)29)8-7-15(21)2/h4-13H,3H2,1-2H3,(H,26,27)(H,28,29)/b17-11-. The van der Waals surface area contributed by atoms with Gasteiger partial charge in [0, 0.05) is 23.4 Å². The van der Waals surface area contributed by atoms with Gasteiger partial charge in [0.1, 0.15) is 28.9 Å². The van der Waals surface area contributed by atoms with Crippen LogP contribution in [0.4, 0.5) is 5.69 Å². The van der Waals surface area contributed by atoms with Crippen molar-refractivity contribution < 1.29 is 23.8 Å². The molecule has 0 unspecified atom stereocenters. The molecule has 3 aromatic rings. The van der Waals surface area contributed by atoms with Crippen LogP contribution >= 0.6 is 0 Å². The molecule has 2 N–H and O–H groups in total. The Labute approximate surface area is 179 Å². The van der Waals surface area contributed by atoms with E-state index in [1.165, 1.54) is 18.2 Å². The van der Waals surface area contributed by atoms with Gasteiger partial charge in [0.15, 0.2) is 0 Å². The first-order valence-corrected chi connectivity index (χ1v) is 9.51. The number of nitrogens with zero attached hydrogens (tertiary/aromatic N) is 1. The van der Waals surface area contributed by atoms with Gasteiger partial charge in [0.2, 0.25) is 0 Å². The van der Waals surface area contributed by atoms with Gasteiger partial charge in [-0.15, -0.1) is 0 Å². The summed E-state index contributed by atoms with van der Waals surface area (Å²) in [5.41, 5.74) is 1.95. The number of carbonyl (C=O) groups is 2. The predicted octanol–water partition coefficient (Wildman–Crippen LogP) is 4.90. The van der Waals surface area contributed by atoms with Crippen molar-refractivity contribution in [3.8, 4) is 23.1 Å². The maximum absolute atomic E-state index is 12.5. The van der Waals surface area contributed by atoms with E-state index >= 15 is 0 Å². The van der Waals surface area contributed by atoms with Crippen molar-refractivity contribution in [1.29, 1.82) is 5.26 Å². The third-order valence-electron chi connectivity index (χ3n) is 4.43. The zero-order chi connectivity index (χ0) is 22.4. The SMILES string of the molecule is CCOc1cccc(NC(=O)/C(C#N)=C\c2ccc(-c3cc(C(=O)O)ccc3C)o2)c1. The molecule has 31 heavy (non-hydrogen) atoms. The zero-order valence-corrected chi connectivity index (χ0v) is 17.0. The number of ether oxygens (including phenoxy) is 1. The smallest absolute Gasteiger partial charge is 0.335 e. The molecule has 0 aliphatic rings. The van der Waals surface area contributed by atoms with Gasteiger partial charge in [-0.05, 0) is 55.8 Å². The number of amides is 1. The highest BCUT2D eigenvalue weighted by atomic mass is 16.5. The Bertz CT molecular complexity index is 1200. The average molecular weight is 416 g/mol. The van der Waals surface area contributed by atoms with E-state index in [0.717, 1.165) is 5.56 Å². The Morgan fingerprint density at radius 2 is 2.00 bits per heavy atom. The first kappa shape index (κ1) is 21.4. The van der Waals surface area contributed by atoms with Crippen LogP contribution in [0.5, 0.6) is 5.75 Å². The first-order chi connectivity index (χ1) is 14.9. The van der Waals surface area contributed by atoms with Crippen molar-refractivity contribution >= 4 is 23.6 Å². The molecule has 7 heteroatoms. The molecule has 0 bridgehead atoms. The first-order valence-electron chi connectivity index (χ1n) is 9.51. The minimum absolute atomic E-state index is 0.139. The molecule has 0 atom stereocenters. The van der Waals surface area contributed by atoms with Crippen molar-refractivity contribution in [2.75, 3.05) is 11.9 Å². The number of nitriles is 1. The molecule has 3 rings (SSSR count). The van der Waals surface area contributed by atoms with Crippen molar-refractivity contribution in [1.82, 2.24) is 0 Å². The lowest BCUT2D eigenvalue weighted by molar-refractivity contribution is -0.112. The van der Waals surface area contributed by atoms with Crippen LogP contribution in [-0.2, 0) is 4.79 Å². The van der Waals surface area contributed by atoms with Crippen LogP contribution in [-0.4, -0.2) is 23.6 Å². The number of rotatable bonds is 7.